The summed E-state index contributed by atoms with van der Waals surface area (Å²) in [6.45, 7) is 0.790. The fraction of sp³-hybridized carbons (Fsp3) is 0.538. The lowest BCUT2D eigenvalue weighted by Gasteiger charge is -2.23. The van der Waals surface area contributed by atoms with Crippen LogP contribution >= 0.6 is 12.4 Å². The maximum absolute atomic E-state index is 13.2. The van der Waals surface area contributed by atoms with Crippen molar-refractivity contribution < 1.29 is 13.9 Å². The first-order valence-corrected chi connectivity index (χ1v) is 6.14. The molecular formula is C13H19ClF2N2O. The van der Waals surface area contributed by atoms with E-state index in [1.165, 1.54) is 12.8 Å². The van der Waals surface area contributed by atoms with Crippen LogP contribution in [0.5, 0.6) is 0 Å². The smallest absolute Gasteiger partial charge is 0.289 e. The van der Waals surface area contributed by atoms with Crippen molar-refractivity contribution in [2.24, 2.45) is 5.73 Å². The van der Waals surface area contributed by atoms with Gasteiger partial charge in [0.25, 0.3) is 5.92 Å². The number of aliphatic hydroxyl groups excluding tert-OH is 1. The number of anilines is 1. The van der Waals surface area contributed by atoms with Gasteiger partial charge in [0.2, 0.25) is 0 Å². The molecule has 19 heavy (non-hydrogen) atoms. The van der Waals surface area contributed by atoms with Crippen LogP contribution < -0.4 is 10.6 Å². The molecule has 1 heterocycles. The van der Waals surface area contributed by atoms with E-state index in [4.69, 9.17) is 10.8 Å². The number of hydrogen-bond acceptors (Lipinski definition) is 3. The Balaban J connectivity index is 0.00000180. The summed E-state index contributed by atoms with van der Waals surface area (Å²) in [7, 11) is 0. The van der Waals surface area contributed by atoms with Gasteiger partial charge in [-0.3, -0.25) is 0 Å². The monoisotopic (exact) mass is 292 g/mol. The molecule has 3 nitrogen and oxygen atoms in total. The van der Waals surface area contributed by atoms with Gasteiger partial charge in [0, 0.05) is 18.8 Å². The number of benzene rings is 1. The third-order valence-electron chi connectivity index (χ3n) is 3.39. The minimum atomic E-state index is -3.28. The van der Waals surface area contributed by atoms with Gasteiger partial charge >= 0.3 is 0 Å². The van der Waals surface area contributed by atoms with Crippen molar-refractivity contribution in [1.29, 1.82) is 0 Å². The van der Waals surface area contributed by atoms with E-state index in [0.717, 1.165) is 18.8 Å². The van der Waals surface area contributed by atoms with E-state index < -0.39 is 18.6 Å². The molecule has 1 aromatic rings. The molecule has 0 radical (unpaired) electrons. The number of halogens is 3. The highest BCUT2D eigenvalue weighted by molar-refractivity contribution is 5.85. The molecule has 1 aliphatic heterocycles. The highest BCUT2D eigenvalue weighted by Crippen LogP contribution is 2.30. The van der Waals surface area contributed by atoms with Crippen LogP contribution in [0.1, 0.15) is 24.4 Å². The van der Waals surface area contributed by atoms with Crippen molar-refractivity contribution in [3.05, 3.63) is 29.8 Å². The Labute approximate surface area is 117 Å². The normalized spacial score (nSPS) is 17.2. The Hall–Kier alpha value is -0.910. The molecule has 1 aliphatic rings. The lowest BCUT2D eigenvalue weighted by atomic mass is 10.0. The van der Waals surface area contributed by atoms with Crippen LogP contribution in [0, 0.1) is 0 Å². The van der Waals surface area contributed by atoms with Crippen LogP contribution in [-0.4, -0.2) is 30.7 Å². The summed E-state index contributed by atoms with van der Waals surface area (Å²) in [6, 6.07) is 5.39. The summed E-state index contributed by atoms with van der Waals surface area (Å²) in [5.74, 6) is -3.28. The van der Waals surface area contributed by atoms with Crippen LogP contribution in [0.4, 0.5) is 14.5 Å². The largest absolute Gasteiger partial charge is 0.390 e. The van der Waals surface area contributed by atoms with E-state index in [1.807, 2.05) is 12.1 Å². The fourth-order valence-corrected chi connectivity index (χ4v) is 2.21. The Morgan fingerprint density at radius 1 is 1.21 bits per heavy atom. The van der Waals surface area contributed by atoms with Crippen molar-refractivity contribution in [2.45, 2.75) is 24.8 Å². The van der Waals surface area contributed by atoms with Gasteiger partial charge in [0.05, 0.1) is 6.04 Å². The van der Waals surface area contributed by atoms with Crippen molar-refractivity contribution in [1.82, 2.24) is 0 Å². The molecule has 1 atom stereocenters. The van der Waals surface area contributed by atoms with Crippen LogP contribution in [0.3, 0.4) is 0 Å². The first-order chi connectivity index (χ1) is 8.54. The maximum atomic E-state index is 13.2. The SMILES string of the molecule is Cl.N[C@@H](c1ccc(N2CCCC2)cc1)C(F)(F)CO. The minimum Gasteiger partial charge on any atom is -0.390 e. The summed E-state index contributed by atoms with van der Waals surface area (Å²) in [6.07, 6.45) is 2.34. The second-order valence-electron chi connectivity index (χ2n) is 4.68. The zero-order chi connectivity index (χ0) is 13.2. The van der Waals surface area contributed by atoms with Crippen LogP contribution in [-0.2, 0) is 0 Å². The Bertz CT molecular complexity index is 394. The summed E-state index contributed by atoms with van der Waals surface area (Å²) in [5, 5.41) is 8.61. The highest BCUT2D eigenvalue weighted by Gasteiger charge is 2.37. The molecule has 0 bridgehead atoms. The molecule has 0 aromatic heterocycles. The van der Waals surface area contributed by atoms with E-state index in [-0.39, 0.29) is 12.4 Å². The van der Waals surface area contributed by atoms with Gasteiger partial charge in [-0.1, -0.05) is 12.1 Å². The zero-order valence-electron chi connectivity index (χ0n) is 10.6. The third-order valence-corrected chi connectivity index (χ3v) is 3.39. The lowest BCUT2D eigenvalue weighted by Crippen LogP contribution is -2.36. The van der Waals surface area contributed by atoms with E-state index in [9.17, 15) is 8.78 Å². The molecule has 0 aliphatic carbocycles. The first-order valence-electron chi connectivity index (χ1n) is 6.14. The zero-order valence-corrected chi connectivity index (χ0v) is 11.4. The molecule has 6 heteroatoms. The number of rotatable bonds is 4. The van der Waals surface area contributed by atoms with Gasteiger partial charge in [0.1, 0.15) is 6.61 Å². The number of aliphatic hydroxyl groups is 1. The number of alkyl halides is 2. The van der Waals surface area contributed by atoms with Crippen molar-refractivity contribution in [2.75, 3.05) is 24.6 Å². The molecule has 108 valence electrons. The maximum Gasteiger partial charge on any atom is 0.289 e. The summed E-state index contributed by atoms with van der Waals surface area (Å²) >= 11 is 0. The van der Waals surface area contributed by atoms with E-state index in [2.05, 4.69) is 4.90 Å². The predicted octanol–water partition coefficient (Wildman–Crippen LogP) is 2.34. The standard InChI is InChI=1S/C13H18F2N2O.ClH/c14-13(15,9-18)12(16)10-3-5-11(6-4-10)17-7-1-2-8-17;/h3-6,12,18H,1-2,7-9,16H2;1H/t12-;/m0./s1. The molecule has 0 spiro atoms. The number of nitrogens with two attached hydrogens (primary N) is 1. The van der Waals surface area contributed by atoms with Crippen molar-refractivity contribution in [3.8, 4) is 0 Å². The van der Waals surface area contributed by atoms with E-state index in [0.29, 0.717) is 5.56 Å². The molecule has 1 fully saturated rings. The average Bonchev–Trinajstić information content (AvgIpc) is 2.92. The predicted molar refractivity (Wildman–Crippen MR) is 74.1 cm³/mol. The molecule has 0 unspecified atom stereocenters. The van der Waals surface area contributed by atoms with Gasteiger partial charge in [-0.05, 0) is 30.5 Å². The summed E-state index contributed by atoms with van der Waals surface area (Å²) in [5.41, 5.74) is 6.85. The minimum absolute atomic E-state index is 0. The van der Waals surface area contributed by atoms with Gasteiger partial charge in [0.15, 0.2) is 0 Å². The van der Waals surface area contributed by atoms with Gasteiger partial charge < -0.3 is 15.7 Å². The molecule has 1 saturated heterocycles. The third kappa shape index (κ3) is 3.55. The molecule has 2 rings (SSSR count). The van der Waals surface area contributed by atoms with Crippen molar-refractivity contribution in [3.63, 3.8) is 0 Å². The lowest BCUT2D eigenvalue weighted by molar-refractivity contribution is -0.0711. The summed E-state index contributed by atoms with van der Waals surface area (Å²) in [4.78, 5) is 2.22. The Kier molecular flexibility index (Phi) is 5.52. The van der Waals surface area contributed by atoms with E-state index >= 15 is 0 Å². The Morgan fingerprint density at radius 2 is 1.74 bits per heavy atom. The van der Waals surface area contributed by atoms with Gasteiger partial charge in [-0.15, -0.1) is 12.4 Å². The second kappa shape index (κ2) is 6.50. The molecule has 0 saturated carbocycles. The first kappa shape index (κ1) is 16.1. The average molecular weight is 293 g/mol. The number of nitrogens with zero attached hydrogens (tertiary/aromatic N) is 1. The van der Waals surface area contributed by atoms with E-state index in [1.54, 1.807) is 12.1 Å². The molecule has 1 aromatic carbocycles. The Morgan fingerprint density at radius 3 is 2.21 bits per heavy atom. The number of hydrogen-bond donors (Lipinski definition) is 2. The van der Waals surface area contributed by atoms with Crippen LogP contribution in [0.15, 0.2) is 24.3 Å². The molecule has 0 amide bonds. The fourth-order valence-electron chi connectivity index (χ4n) is 2.21. The molecular weight excluding hydrogens is 274 g/mol. The second-order valence-corrected chi connectivity index (χ2v) is 4.68. The molecule has 3 N–H and O–H groups in total. The summed E-state index contributed by atoms with van der Waals surface area (Å²) < 4.78 is 26.5. The van der Waals surface area contributed by atoms with Gasteiger partial charge in [-0.25, -0.2) is 8.78 Å². The van der Waals surface area contributed by atoms with Gasteiger partial charge in [-0.2, -0.15) is 0 Å². The highest BCUT2D eigenvalue weighted by atomic mass is 35.5. The topological polar surface area (TPSA) is 49.5 Å². The van der Waals surface area contributed by atoms with Crippen LogP contribution in [0.2, 0.25) is 0 Å². The van der Waals surface area contributed by atoms with Crippen LogP contribution in [0.25, 0.3) is 0 Å². The quantitative estimate of drug-likeness (QED) is 0.895. The van der Waals surface area contributed by atoms with Crippen molar-refractivity contribution >= 4 is 18.1 Å².